The molecule has 0 aromatic carbocycles. The van der Waals surface area contributed by atoms with Crippen molar-refractivity contribution in [2.24, 2.45) is 5.92 Å². The number of hydrogen-bond donors (Lipinski definition) is 1. The largest absolute Gasteiger partial charge is 0.305 e. The third kappa shape index (κ3) is 3.23. The lowest BCUT2D eigenvalue weighted by Gasteiger charge is -2.24. The van der Waals surface area contributed by atoms with Gasteiger partial charge in [0.2, 0.25) is 0 Å². The molecular formula is C16H20N2S. The summed E-state index contributed by atoms with van der Waals surface area (Å²) in [6.45, 7) is 0.932. The van der Waals surface area contributed by atoms with Crippen LogP contribution in [0.1, 0.15) is 42.2 Å². The Labute approximate surface area is 118 Å². The maximum atomic E-state index is 4.07. The standard InChI is InChI=1S/C16H20N2S/c1-2-5-14(4-1)16(15-6-3-11-19-15)18-12-13-7-9-17-10-8-13/h3,6-11,14,16,18H,1-2,4-5,12H2. The van der Waals surface area contributed by atoms with E-state index in [0.717, 1.165) is 12.5 Å². The summed E-state index contributed by atoms with van der Waals surface area (Å²) in [5.74, 6) is 0.806. The molecule has 2 aromatic rings. The van der Waals surface area contributed by atoms with Crippen LogP contribution in [0.5, 0.6) is 0 Å². The van der Waals surface area contributed by atoms with Gasteiger partial charge in [0, 0.05) is 29.9 Å². The molecule has 3 heteroatoms. The van der Waals surface area contributed by atoms with Crippen LogP contribution in [0, 0.1) is 5.92 Å². The van der Waals surface area contributed by atoms with Gasteiger partial charge in [0.25, 0.3) is 0 Å². The molecule has 1 atom stereocenters. The van der Waals surface area contributed by atoms with Crippen LogP contribution in [0.25, 0.3) is 0 Å². The van der Waals surface area contributed by atoms with E-state index >= 15 is 0 Å². The van der Waals surface area contributed by atoms with E-state index in [1.54, 1.807) is 0 Å². The van der Waals surface area contributed by atoms with E-state index < -0.39 is 0 Å². The van der Waals surface area contributed by atoms with Gasteiger partial charge in [0.15, 0.2) is 0 Å². The fraction of sp³-hybridized carbons (Fsp3) is 0.438. The number of rotatable bonds is 5. The van der Waals surface area contributed by atoms with Crippen LogP contribution in [0.4, 0.5) is 0 Å². The predicted molar refractivity (Wildman–Crippen MR) is 80.1 cm³/mol. The number of nitrogens with zero attached hydrogens (tertiary/aromatic N) is 1. The van der Waals surface area contributed by atoms with Gasteiger partial charge in [-0.3, -0.25) is 4.98 Å². The Balaban J connectivity index is 1.69. The van der Waals surface area contributed by atoms with Crippen LogP contribution in [0.2, 0.25) is 0 Å². The molecule has 0 amide bonds. The first-order valence-electron chi connectivity index (χ1n) is 7.09. The van der Waals surface area contributed by atoms with Crippen LogP contribution in [-0.2, 0) is 6.54 Å². The lowest BCUT2D eigenvalue weighted by atomic mass is 9.96. The Hall–Kier alpha value is -1.19. The van der Waals surface area contributed by atoms with Gasteiger partial charge >= 0.3 is 0 Å². The second kappa shape index (κ2) is 6.31. The minimum Gasteiger partial charge on any atom is -0.305 e. The zero-order chi connectivity index (χ0) is 12.9. The summed E-state index contributed by atoms with van der Waals surface area (Å²) in [4.78, 5) is 5.56. The molecule has 19 heavy (non-hydrogen) atoms. The summed E-state index contributed by atoms with van der Waals surface area (Å²) >= 11 is 1.88. The first kappa shape index (κ1) is 12.8. The van der Waals surface area contributed by atoms with Crippen LogP contribution < -0.4 is 5.32 Å². The van der Waals surface area contributed by atoms with Gasteiger partial charge in [0.1, 0.15) is 0 Å². The number of nitrogens with one attached hydrogen (secondary N) is 1. The number of hydrogen-bond acceptors (Lipinski definition) is 3. The second-order valence-corrected chi connectivity index (χ2v) is 6.25. The van der Waals surface area contributed by atoms with Crippen molar-refractivity contribution in [3.05, 3.63) is 52.5 Å². The highest BCUT2D eigenvalue weighted by molar-refractivity contribution is 7.10. The molecule has 2 nitrogen and oxygen atoms in total. The fourth-order valence-electron chi connectivity index (χ4n) is 2.99. The molecule has 1 saturated carbocycles. The molecule has 0 saturated heterocycles. The predicted octanol–water partition coefficient (Wildman–Crippen LogP) is 4.16. The van der Waals surface area contributed by atoms with E-state index in [0.29, 0.717) is 6.04 Å². The summed E-state index contributed by atoms with van der Waals surface area (Å²) in [7, 11) is 0. The summed E-state index contributed by atoms with van der Waals surface area (Å²) in [6, 6.07) is 9.14. The van der Waals surface area contributed by atoms with Crippen molar-refractivity contribution in [3.63, 3.8) is 0 Å². The van der Waals surface area contributed by atoms with Crippen molar-refractivity contribution in [2.75, 3.05) is 0 Å². The van der Waals surface area contributed by atoms with Crippen LogP contribution in [0.3, 0.4) is 0 Å². The molecule has 1 unspecified atom stereocenters. The Morgan fingerprint density at radius 2 is 2.00 bits per heavy atom. The molecule has 0 spiro atoms. The molecule has 100 valence electrons. The van der Waals surface area contributed by atoms with Gasteiger partial charge < -0.3 is 5.32 Å². The molecule has 3 rings (SSSR count). The van der Waals surface area contributed by atoms with Gasteiger partial charge in [-0.05, 0) is 47.9 Å². The van der Waals surface area contributed by atoms with E-state index in [1.165, 1.54) is 36.1 Å². The average Bonchev–Trinajstić information content (AvgIpc) is 3.13. The van der Waals surface area contributed by atoms with Gasteiger partial charge in [-0.15, -0.1) is 11.3 Å². The van der Waals surface area contributed by atoms with Crippen molar-refractivity contribution in [1.29, 1.82) is 0 Å². The minimum atomic E-state index is 0.524. The van der Waals surface area contributed by atoms with E-state index in [9.17, 15) is 0 Å². The van der Waals surface area contributed by atoms with Gasteiger partial charge in [-0.1, -0.05) is 18.9 Å². The SMILES string of the molecule is c1csc(C(NCc2ccncc2)C2CCCC2)c1. The third-order valence-corrected chi connectivity index (χ3v) is 4.95. The topological polar surface area (TPSA) is 24.9 Å². The minimum absolute atomic E-state index is 0.524. The van der Waals surface area contributed by atoms with Crippen LogP contribution in [-0.4, -0.2) is 4.98 Å². The van der Waals surface area contributed by atoms with Gasteiger partial charge in [-0.25, -0.2) is 0 Å². The van der Waals surface area contributed by atoms with Crippen molar-refractivity contribution < 1.29 is 0 Å². The lowest BCUT2D eigenvalue weighted by Crippen LogP contribution is -2.26. The molecule has 0 bridgehead atoms. The Morgan fingerprint density at radius 1 is 1.21 bits per heavy atom. The van der Waals surface area contributed by atoms with Crippen molar-refractivity contribution in [3.8, 4) is 0 Å². The maximum Gasteiger partial charge on any atom is 0.0446 e. The van der Waals surface area contributed by atoms with Gasteiger partial charge in [-0.2, -0.15) is 0 Å². The van der Waals surface area contributed by atoms with Crippen LogP contribution >= 0.6 is 11.3 Å². The lowest BCUT2D eigenvalue weighted by molar-refractivity contribution is 0.371. The summed E-state index contributed by atoms with van der Waals surface area (Å²) < 4.78 is 0. The third-order valence-electron chi connectivity index (χ3n) is 4.00. The second-order valence-electron chi connectivity index (χ2n) is 5.27. The molecule has 2 aromatic heterocycles. The monoisotopic (exact) mass is 272 g/mol. The Morgan fingerprint density at radius 3 is 2.68 bits per heavy atom. The normalized spacial score (nSPS) is 17.7. The van der Waals surface area contributed by atoms with Gasteiger partial charge in [0.05, 0.1) is 0 Å². The zero-order valence-electron chi connectivity index (χ0n) is 11.1. The summed E-state index contributed by atoms with van der Waals surface area (Å²) in [6.07, 6.45) is 9.25. The first-order chi connectivity index (χ1) is 9.43. The Bertz CT molecular complexity index is 475. The van der Waals surface area contributed by atoms with Crippen molar-refractivity contribution >= 4 is 11.3 Å². The Kier molecular flexibility index (Phi) is 4.26. The first-order valence-corrected chi connectivity index (χ1v) is 7.97. The van der Waals surface area contributed by atoms with Crippen LogP contribution in [0.15, 0.2) is 42.0 Å². The van der Waals surface area contributed by atoms with E-state index in [-0.39, 0.29) is 0 Å². The van der Waals surface area contributed by atoms with Crippen molar-refractivity contribution in [1.82, 2.24) is 10.3 Å². The molecule has 0 aliphatic heterocycles. The average molecular weight is 272 g/mol. The maximum absolute atomic E-state index is 4.07. The van der Waals surface area contributed by atoms with Crippen molar-refractivity contribution in [2.45, 2.75) is 38.3 Å². The fourth-order valence-corrected chi connectivity index (χ4v) is 3.88. The van der Waals surface area contributed by atoms with E-state index in [4.69, 9.17) is 0 Å². The smallest absolute Gasteiger partial charge is 0.0446 e. The summed E-state index contributed by atoms with van der Waals surface area (Å²) in [5.41, 5.74) is 1.31. The molecular weight excluding hydrogens is 252 g/mol. The quantitative estimate of drug-likeness (QED) is 0.884. The highest BCUT2D eigenvalue weighted by Gasteiger charge is 2.26. The van der Waals surface area contributed by atoms with E-state index in [1.807, 2.05) is 23.7 Å². The number of aromatic nitrogens is 1. The molecule has 1 aliphatic rings. The van der Waals surface area contributed by atoms with E-state index in [2.05, 4.69) is 39.9 Å². The molecule has 1 N–H and O–H groups in total. The highest BCUT2D eigenvalue weighted by Crippen LogP contribution is 2.37. The molecule has 2 heterocycles. The number of thiophene rings is 1. The molecule has 1 aliphatic carbocycles. The molecule has 1 fully saturated rings. The number of pyridine rings is 1. The molecule has 0 radical (unpaired) electrons. The highest BCUT2D eigenvalue weighted by atomic mass is 32.1. The summed E-state index contributed by atoms with van der Waals surface area (Å²) in [5, 5.41) is 5.95. The zero-order valence-corrected chi connectivity index (χ0v) is 11.9.